The third kappa shape index (κ3) is 6.66. The monoisotopic (exact) mass is 198 g/mol. The summed E-state index contributed by atoms with van der Waals surface area (Å²) >= 11 is 0. The van der Waals surface area contributed by atoms with Crippen LogP contribution in [-0.4, -0.2) is 24.5 Å². The molecule has 3 heteroatoms. The summed E-state index contributed by atoms with van der Waals surface area (Å²) in [6, 6.07) is 0. The molecule has 0 fully saturated rings. The van der Waals surface area contributed by atoms with E-state index in [0.29, 0.717) is 13.1 Å². The lowest BCUT2D eigenvalue weighted by atomic mass is 10.0. The average Bonchev–Trinajstić information content (AvgIpc) is 2.02. The van der Waals surface area contributed by atoms with Crippen molar-refractivity contribution in [2.24, 2.45) is 0 Å². The van der Waals surface area contributed by atoms with Crippen molar-refractivity contribution in [2.75, 3.05) is 13.1 Å². The molecule has 0 aromatic carbocycles. The molecule has 0 saturated heterocycles. The quantitative estimate of drug-likeness (QED) is 0.634. The third-order valence-electron chi connectivity index (χ3n) is 2.07. The van der Waals surface area contributed by atoms with E-state index < -0.39 is 0 Å². The van der Waals surface area contributed by atoms with Gasteiger partial charge in [0.05, 0.1) is 6.54 Å². The summed E-state index contributed by atoms with van der Waals surface area (Å²) in [4.78, 5) is 11.4. The van der Waals surface area contributed by atoms with Crippen LogP contribution in [0.1, 0.15) is 34.1 Å². The standard InChI is InChI=1S/C11H22N2O/c1-6-11(4,5)13-10(14)8-12-7-9(2)3/h12H,2,6-8H2,1,3-5H3,(H,13,14). The second-order valence-corrected chi connectivity index (χ2v) is 4.35. The maximum atomic E-state index is 11.4. The Labute approximate surface area is 87.0 Å². The number of rotatable bonds is 6. The molecule has 0 aromatic heterocycles. The van der Waals surface area contributed by atoms with Crippen LogP contribution < -0.4 is 10.6 Å². The molecule has 1 amide bonds. The van der Waals surface area contributed by atoms with Crippen LogP contribution in [0.2, 0.25) is 0 Å². The Morgan fingerprint density at radius 3 is 2.36 bits per heavy atom. The minimum atomic E-state index is -0.109. The third-order valence-corrected chi connectivity index (χ3v) is 2.07. The lowest BCUT2D eigenvalue weighted by Crippen LogP contribution is -2.46. The molecule has 14 heavy (non-hydrogen) atoms. The minimum absolute atomic E-state index is 0.0399. The number of hydrogen-bond donors (Lipinski definition) is 2. The van der Waals surface area contributed by atoms with Crippen LogP contribution in [0.4, 0.5) is 0 Å². The highest BCUT2D eigenvalue weighted by Crippen LogP contribution is 2.05. The van der Waals surface area contributed by atoms with Crippen LogP contribution in [0, 0.1) is 0 Å². The Balaban J connectivity index is 3.71. The van der Waals surface area contributed by atoms with Gasteiger partial charge in [0.2, 0.25) is 5.91 Å². The molecule has 0 rings (SSSR count). The smallest absolute Gasteiger partial charge is 0.234 e. The SMILES string of the molecule is C=C(C)CNCC(=O)NC(C)(C)CC. The molecule has 2 N–H and O–H groups in total. The lowest BCUT2D eigenvalue weighted by molar-refractivity contribution is -0.121. The fourth-order valence-corrected chi connectivity index (χ4v) is 0.899. The van der Waals surface area contributed by atoms with Gasteiger partial charge in [-0.25, -0.2) is 0 Å². The van der Waals surface area contributed by atoms with E-state index in [1.165, 1.54) is 0 Å². The fraction of sp³-hybridized carbons (Fsp3) is 0.727. The van der Waals surface area contributed by atoms with E-state index in [1.807, 2.05) is 20.8 Å². The number of carbonyl (C=O) groups is 1. The summed E-state index contributed by atoms with van der Waals surface area (Å²) in [7, 11) is 0. The summed E-state index contributed by atoms with van der Waals surface area (Å²) in [5.41, 5.74) is 0.926. The first kappa shape index (κ1) is 13.2. The van der Waals surface area contributed by atoms with Crippen LogP contribution in [-0.2, 0) is 4.79 Å². The van der Waals surface area contributed by atoms with Gasteiger partial charge in [0.1, 0.15) is 0 Å². The summed E-state index contributed by atoms with van der Waals surface area (Å²) in [5.74, 6) is 0.0399. The van der Waals surface area contributed by atoms with Crippen molar-refractivity contribution in [3.63, 3.8) is 0 Å². The highest BCUT2D eigenvalue weighted by Gasteiger charge is 2.16. The summed E-state index contributed by atoms with van der Waals surface area (Å²) < 4.78 is 0. The molecule has 0 aliphatic heterocycles. The van der Waals surface area contributed by atoms with Crippen molar-refractivity contribution >= 4 is 5.91 Å². The number of carbonyl (C=O) groups excluding carboxylic acids is 1. The molecule has 0 saturated carbocycles. The first-order valence-electron chi connectivity index (χ1n) is 5.03. The van der Waals surface area contributed by atoms with E-state index in [-0.39, 0.29) is 11.4 Å². The molecule has 82 valence electrons. The molecule has 0 unspecified atom stereocenters. The zero-order valence-electron chi connectivity index (χ0n) is 9.74. The van der Waals surface area contributed by atoms with E-state index in [1.54, 1.807) is 0 Å². The number of hydrogen-bond acceptors (Lipinski definition) is 2. The maximum absolute atomic E-state index is 11.4. The van der Waals surface area contributed by atoms with Gasteiger partial charge < -0.3 is 10.6 Å². The van der Waals surface area contributed by atoms with E-state index in [2.05, 4.69) is 24.1 Å². The molecule has 0 aliphatic carbocycles. The molecule has 3 nitrogen and oxygen atoms in total. The molecule has 0 aliphatic rings. The highest BCUT2D eigenvalue weighted by molar-refractivity contribution is 5.78. The normalized spacial score (nSPS) is 11.1. The highest BCUT2D eigenvalue weighted by atomic mass is 16.2. The molecular weight excluding hydrogens is 176 g/mol. The van der Waals surface area contributed by atoms with E-state index in [9.17, 15) is 4.79 Å². The molecular formula is C11H22N2O. The van der Waals surface area contributed by atoms with Crippen LogP contribution in [0.15, 0.2) is 12.2 Å². The fourth-order valence-electron chi connectivity index (χ4n) is 0.899. The van der Waals surface area contributed by atoms with Crippen molar-refractivity contribution < 1.29 is 4.79 Å². The zero-order chi connectivity index (χ0) is 11.2. The average molecular weight is 198 g/mol. The van der Waals surface area contributed by atoms with Gasteiger partial charge in [-0.2, -0.15) is 0 Å². The van der Waals surface area contributed by atoms with Crippen LogP contribution >= 0.6 is 0 Å². The second kappa shape index (κ2) is 5.81. The minimum Gasteiger partial charge on any atom is -0.350 e. The number of nitrogens with one attached hydrogen (secondary N) is 2. The zero-order valence-corrected chi connectivity index (χ0v) is 9.74. The van der Waals surface area contributed by atoms with Gasteiger partial charge in [-0.3, -0.25) is 4.79 Å². The topological polar surface area (TPSA) is 41.1 Å². The van der Waals surface area contributed by atoms with Gasteiger partial charge in [0.15, 0.2) is 0 Å². The van der Waals surface area contributed by atoms with E-state index in [4.69, 9.17) is 0 Å². The Bertz CT molecular complexity index is 209. The second-order valence-electron chi connectivity index (χ2n) is 4.35. The van der Waals surface area contributed by atoms with Crippen LogP contribution in [0.3, 0.4) is 0 Å². The van der Waals surface area contributed by atoms with Gasteiger partial charge in [0.25, 0.3) is 0 Å². The van der Waals surface area contributed by atoms with Crippen molar-refractivity contribution in [3.8, 4) is 0 Å². The molecule has 0 aromatic rings. The Kier molecular flexibility index (Phi) is 5.46. The lowest BCUT2D eigenvalue weighted by Gasteiger charge is -2.24. The predicted molar refractivity (Wildman–Crippen MR) is 60.2 cm³/mol. The van der Waals surface area contributed by atoms with Crippen molar-refractivity contribution in [1.82, 2.24) is 10.6 Å². The summed E-state index contributed by atoms with van der Waals surface area (Å²) in [6.45, 7) is 12.8. The summed E-state index contributed by atoms with van der Waals surface area (Å²) in [5, 5.41) is 5.97. The Morgan fingerprint density at radius 2 is 1.93 bits per heavy atom. The molecule has 0 atom stereocenters. The first-order chi connectivity index (χ1) is 6.37. The Morgan fingerprint density at radius 1 is 1.36 bits per heavy atom. The molecule has 0 radical (unpaired) electrons. The van der Waals surface area contributed by atoms with E-state index >= 15 is 0 Å². The van der Waals surface area contributed by atoms with E-state index in [0.717, 1.165) is 12.0 Å². The molecule has 0 bridgehead atoms. The predicted octanol–water partition coefficient (Wildman–Crippen LogP) is 1.46. The molecule has 0 heterocycles. The van der Waals surface area contributed by atoms with Gasteiger partial charge >= 0.3 is 0 Å². The van der Waals surface area contributed by atoms with Gasteiger partial charge in [-0.1, -0.05) is 19.1 Å². The van der Waals surface area contributed by atoms with Crippen molar-refractivity contribution in [3.05, 3.63) is 12.2 Å². The number of amides is 1. The molecule has 0 spiro atoms. The van der Waals surface area contributed by atoms with Crippen LogP contribution in [0.25, 0.3) is 0 Å². The van der Waals surface area contributed by atoms with Gasteiger partial charge in [0, 0.05) is 12.1 Å². The Hall–Kier alpha value is -0.830. The first-order valence-corrected chi connectivity index (χ1v) is 5.03. The van der Waals surface area contributed by atoms with Gasteiger partial charge in [-0.15, -0.1) is 0 Å². The van der Waals surface area contributed by atoms with Crippen LogP contribution in [0.5, 0.6) is 0 Å². The maximum Gasteiger partial charge on any atom is 0.234 e. The van der Waals surface area contributed by atoms with Crippen molar-refractivity contribution in [2.45, 2.75) is 39.7 Å². The van der Waals surface area contributed by atoms with Crippen molar-refractivity contribution in [1.29, 1.82) is 0 Å². The largest absolute Gasteiger partial charge is 0.350 e. The van der Waals surface area contributed by atoms with Gasteiger partial charge in [-0.05, 0) is 27.2 Å². The summed E-state index contributed by atoms with van der Waals surface area (Å²) in [6.07, 6.45) is 0.930.